The second-order valence-corrected chi connectivity index (χ2v) is 6.04. The molecule has 98 valence electrons. The lowest BCUT2D eigenvalue weighted by atomic mass is 9.88. The summed E-state index contributed by atoms with van der Waals surface area (Å²) in [5.74, 6) is 0.664. The van der Waals surface area contributed by atoms with Gasteiger partial charge in [0.1, 0.15) is 0 Å². The predicted molar refractivity (Wildman–Crippen MR) is 74.9 cm³/mol. The monoisotopic (exact) mass is 244 g/mol. The summed E-state index contributed by atoms with van der Waals surface area (Å²) in [7, 11) is 0. The summed E-state index contributed by atoms with van der Waals surface area (Å²) in [5, 5.41) is 0. The smallest absolute Gasteiger partial charge is 0.0870 e. The van der Waals surface area contributed by atoms with Gasteiger partial charge in [-0.3, -0.25) is 0 Å². The van der Waals surface area contributed by atoms with Crippen molar-refractivity contribution in [1.82, 2.24) is 0 Å². The Hall–Kier alpha value is -0.820. The van der Waals surface area contributed by atoms with Gasteiger partial charge in [-0.15, -0.1) is 0 Å². The Kier molecular flexibility index (Phi) is 3.43. The van der Waals surface area contributed by atoms with E-state index in [1.807, 2.05) is 0 Å². The second kappa shape index (κ2) is 5.05. The zero-order valence-corrected chi connectivity index (χ0v) is 11.6. The van der Waals surface area contributed by atoms with E-state index in [-0.39, 0.29) is 0 Å². The van der Waals surface area contributed by atoms with Gasteiger partial charge in [-0.05, 0) is 61.1 Å². The maximum Gasteiger partial charge on any atom is 0.0870 e. The molecule has 1 aliphatic carbocycles. The van der Waals surface area contributed by atoms with Crippen molar-refractivity contribution in [3.63, 3.8) is 0 Å². The van der Waals surface area contributed by atoms with Gasteiger partial charge in [0.15, 0.2) is 0 Å². The number of aryl methyl sites for hydroxylation is 2. The average molecular weight is 244 g/mol. The molecule has 1 heteroatoms. The average Bonchev–Trinajstić information content (AvgIpc) is 3.18. The van der Waals surface area contributed by atoms with Crippen molar-refractivity contribution in [3.05, 3.63) is 34.9 Å². The SMILES string of the molecule is CCC1OC1C(C)Cc1ccc2c(c1)CCCC2. The molecule has 1 aromatic carbocycles. The Morgan fingerprint density at radius 3 is 2.72 bits per heavy atom. The molecule has 0 bridgehead atoms. The molecule has 0 amide bonds. The van der Waals surface area contributed by atoms with Crippen LogP contribution in [0.5, 0.6) is 0 Å². The van der Waals surface area contributed by atoms with E-state index >= 15 is 0 Å². The van der Waals surface area contributed by atoms with Gasteiger partial charge >= 0.3 is 0 Å². The van der Waals surface area contributed by atoms with Gasteiger partial charge in [-0.25, -0.2) is 0 Å². The Labute approximate surface area is 111 Å². The van der Waals surface area contributed by atoms with Gasteiger partial charge < -0.3 is 4.74 Å². The zero-order chi connectivity index (χ0) is 12.5. The lowest BCUT2D eigenvalue weighted by molar-refractivity contribution is 0.322. The van der Waals surface area contributed by atoms with Crippen LogP contribution in [0.3, 0.4) is 0 Å². The highest BCUT2D eigenvalue weighted by molar-refractivity contribution is 5.34. The fraction of sp³-hybridized carbons (Fsp3) is 0.647. The Morgan fingerprint density at radius 1 is 1.22 bits per heavy atom. The van der Waals surface area contributed by atoms with Gasteiger partial charge in [0, 0.05) is 0 Å². The number of hydrogen-bond donors (Lipinski definition) is 0. The molecule has 0 radical (unpaired) electrons. The molecular weight excluding hydrogens is 220 g/mol. The summed E-state index contributed by atoms with van der Waals surface area (Å²) in [6.45, 7) is 4.55. The molecular formula is C17H24O. The van der Waals surface area contributed by atoms with E-state index in [0.717, 1.165) is 0 Å². The number of hydrogen-bond acceptors (Lipinski definition) is 1. The van der Waals surface area contributed by atoms with Gasteiger partial charge in [0.2, 0.25) is 0 Å². The molecule has 18 heavy (non-hydrogen) atoms. The second-order valence-electron chi connectivity index (χ2n) is 6.04. The quantitative estimate of drug-likeness (QED) is 0.731. The fourth-order valence-corrected chi connectivity index (χ4v) is 3.39. The molecule has 1 aliphatic heterocycles. The molecule has 1 aromatic rings. The fourth-order valence-electron chi connectivity index (χ4n) is 3.39. The van der Waals surface area contributed by atoms with Crippen LogP contribution in [-0.2, 0) is 24.0 Å². The lowest BCUT2D eigenvalue weighted by Crippen LogP contribution is -2.11. The van der Waals surface area contributed by atoms with Crippen LogP contribution >= 0.6 is 0 Å². The summed E-state index contributed by atoms with van der Waals surface area (Å²) in [4.78, 5) is 0. The van der Waals surface area contributed by atoms with Gasteiger partial charge in [0.05, 0.1) is 12.2 Å². The van der Waals surface area contributed by atoms with Crippen molar-refractivity contribution in [1.29, 1.82) is 0 Å². The Bertz CT molecular complexity index is 424. The molecule has 3 rings (SSSR count). The van der Waals surface area contributed by atoms with E-state index in [1.165, 1.54) is 44.1 Å². The zero-order valence-electron chi connectivity index (χ0n) is 11.6. The van der Waals surface area contributed by atoms with Crippen molar-refractivity contribution in [3.8, 4) is 0 Å². The van der Waals surface area contributed by atoms with E-state index in [4.69, 9.17) is 4.74 Å². The third kappa shape index (κ3) is 2.47. The summed E-state index contributed by atoms with van der Waals surface area (Å²) >= 11 is 0. The van der Waals surface area contributed by atoms with Crippen LogP contribution in [0.2, 0.25) is 0 Å². The summed E-state index contributed by atoms with van der Waals surface area (Å²) in [5.41, 5.74) is 4.70. The van der Waals surface area contributed by atoms with Gasteiger partial charge in [-0.1, -0.05) is 32.0 Å². The van der Waals surface area contributed by atoms with E-state index < -0.39 is 0 Å². The maximum atomic E-state index is 5.71. The first-order chi connectivity index (χ1) is 8.78. The Balaban J connectivity index is 1.66. The van der Waals surface area contributed by atoms with Crippen molar-refractivity contribution < 1.29 is 4.74 Å². The summed E-state index contributed by atoms with van der Waals surface area (Å²) in [6.07, 6.45) is 8.72. The van der Waals surface area contributed by atoms with Crippen LogP contribution in [-0.4, -0.2) is 12.2 Å². The van der Waals surface area contributed by atoms with Crippen molar-refractivity contribution >= 4 is 0 Å². The molecule has 0 spiro atoms. The largest absolute Gasteiger partial charge is 0.369 e. The minimum absolute atomic E-state index is 0.519. The maximum absolute atomic E-state index is 5.71. The van der Waals surface area contributed by atoms with Crippen LogP contribution < -0.4 is 0 Å². The first-order valence-corrected chi connectivity index (χ1v) is 7.54. The number of fused-ring (bicyclic) bond motifs is 1. The standard InChI is InChI=1S/C17H24O/c1-3-16-17(18-16)12(2)10-13-8-9-14-6-4-5-7-15(14)11-13/h8-9,11-12,16-17H,3-7,10H2,1-2H3. The van der Waals surface area contributed by atoms with Crippen LogP contribution in [0.1, 0.15) is 49.8 Å². The van der Waals surface area contributed by atoms with E-state index in [1.54, 1.807) is 11.1 Å². The highest BCUT2D eigenvalue weighted by atomic mass is 16.6. The van der Waals surface area contributed by atoms with Crippen molar-refractivity contribution in [2.45, 2.75) is 64.6 Å². The molecule has 1 heterocycles. The highest BCUT2D eigenvalue weighted by Gasteiger charge is 2.40. The number of epoxide rings is 1. The third-order valence-electron chi connectivity index (χ3n) is 4.56. The highest BCUT2D eigenvalue weighted by Crippen LogP contribution is 2.34. The van der Waals surface area contributed by atoms with Gasteiger partial charge in [-0.2, -0.15) is 0 Å². The first kappa shape index (κ1) is 12.2. The molecule has 1 fully saturated rings. The molecule has 1 nitrogen and oxygen atoms in total. The van der Waals surface area contributed by atoms with E-state index in [9.17, 15) is 0 Å². The van der Waals surface area contributed by atoms with Crippen LogP contribution in [0, 0.1) is 5.92 Å². The van der Waals surface area contributed by atoms with Crippen molar-refractivity contribution in [2.24, 2.45) is 5.92 Å². The van der Waals surface area contributed by atoms with Crippen LogP contribution in [0.25, 0.3) is 0 Å². The molecule has 0 saturated carbocycles. The lowest BCUT2D eigenvalue weighted by Gasteiger charge is -2.17. The van der Waals surface area contributed by atoms with Gasteiger partial charge in [0.25, 0.3) is 0 Å². The normalized spacial score (nSPS) is 27.7. The molecule has 3 atom stereocenters. The van der Waals surface area contributed by atoms with Crippen LogP contribution in [0.15, 0.2) is 18.2 Å². The molecule has 2 aliphatic rings. The number of benzene rings is 1. The summed E-state index contributed by atoms with van der Waals surface area (Å²) in [6, 6.07) is 7.15. The third-order valence-corrected chi connectivity index (χ3v) is 4.56. The predicted octanol–water partition coefficient (Wildman–Crippen LogP) is 3.92. The topological polar surface area (TPSA) is 12.5 Å². The molecule has 0 aromatic heterocycles. The minimum Gasteiger partial charge on any atom is -0.369 e. The summed E-state index contributed by atoms with van der Waals surface area (Å²) < 4.78 is 5.71. The van der Waals surface area contributed by atoms with E-state index in [0.29, 0.717) is 18.1 Å². The van der Waals surface area contributed by atoms with Crippen molar-refractivity contribution in [2.75, 3.05) is 0 Å². The molecule has 3 unspecified atom stereocenters. The molecule has 0 N–H and O–H groups in total. The van der Waals surface area contributed by atoms with Crippen LogP contribution in [0.4, 0.5) is 0 Å². The minimum atomic E-state index is 0.519. The first-order valence-electron chi connectivity index (χ1n) is 7.54. The van der Waals surface area contributed by atoms with E-state index in [2.05, 4.69) is 32.0 Å². The number of rotatable bonds is 4. The number of ether oxygens (including phenoxy) is 1. The Morgan fingerprint density at radius 2 is 2.00 bits per heavy atom. The molecule has 1 saturated heterocycles.